The van der Waals surface area contributed by atoms with Crippen molar-refractivity contribution in [2.24, 2.45) is 11.7 Å². The molecule has 2 aromatic heterocycles. The maximum Gasteiger partial charge on any atom is 0.0952 e. The van der Waals surface area contributed by atoms with Crippen LogP contribution in [0.15, 0.2) is 24.0 Å². The van der Waals surface area contributed by atoms with E-state index in [0.29, 0.717) is 5.92 Å². The molecule has 1 aliphatic rings. The van der Waals surface area contributed by atoms with E-state index in [0.717, 1.165) is 31.9 Å². The first-order chi connectivity index (χ1) is 9.25. The van der Waals surface area contributed by atoms with Crippen LogP contribution in [-0.2, 0) is 11.3 Å². The summed E-state index contributed by atoms with van der Waals surface area (Å²) in [4.78, 5) is 5.64. The fourth-order valence-electron chi connectivity index (χ4n) is 2.54. The fraction of sp³-hybridized carbons (Fsp3) is 0.500. The maximum atomic E-state index is 6.38. The molecule has 5 heteroatoms. The third-order valence-electron chi connectivity index (χ3n) is 3.84. The summed E-state index contributed by atoms with van der Waals surface area (Å²) in [5.41, 5.74) is 8.82. The van der Waals surface area contributed by atoms with Gasteiger partial charge in [-0.2, -0.15) is 0 Å². The van der Waals surface area contributed by atoms with Crippen LogP contribution in [0.3, 0.4) is 0 Å². The summed E-state index contributed by atoms with van der Waals surface area (Å²) in [6, 6.07) is 2.17. The van der Waals surface area contributed by atoms with Gasteiger partial charge < -0.3 is 15.0 Å². The minimum atomic E-state index is 0.0188. The number of hydrogen-bond donors (Lipinski definition) is 1. The number of nitrogens with zero attached hydrogens (tertiary/aromatic N) is 2. The lowest BCUT2D eigenvalue weighted by atomic mass is 9.97. The van der Waals surface area contributed by atoms with Gasteiger partial charge in [0.15, 0.2) is 0 Å². The Labute approximate surface area is 117 Å². The number of thiophene rings is 1. The second kappa shape index (κ2) is 5.45. The number of ether oxygens (including phenoxy) is 1. The van der Waals surface area contributed by atoms with E-state index in [1.165, 1.54) is 10.4 Å². The molecule has 0 saturated carbocycles. The van der Waals surface area contributed by atoms with Crippen molar-refractivity contribution in [2.75, 3.05) is 13.2 Å². The topological polar surface area (TPSA) is 53.1 Å². The average molecular weight is 277 g/mol. The third-order valence-corrected chi connectivity index (χ3v) is 4.85. The summed E-state index contributed by atoms with van der Waals surface area (Å²) in [5.74, 6) is 0.417. The van der Waals surface area contributed by atoms with Crippen LogP contribution < -0.4 is 5.73 Å². The highest BCUT2D eigenvalue weighted by molar-refractivity contribution is 7.10. The van der Waals surface area contributed by atoms with E-state index in [2.05, 4.69) is 27.9 Å². The van der Waals surface area contributed by atoms with Crippen molar-refractivity contribution in [3.63, 3.8) is 0 Å². The molecule has 19 heavy (non-hydrogen) atoms. The number of nitrogens with two attached hydrogens (primary N) is 1. The number of rotatable bonds is 4. The van der Waals surface area contributed by atoms with Crippen LogP contribution in [0.1, 0.15) is 28.6 Å². The van der Waals surface area contributed by atoms with Crippen molar-refractivity contribution >= 4 is 11.3 Å². The Hall–Kier alpha value is -1.17. The highest BCUT2D eigenvalue weighted by Crippen LogP contribution is 2.27. The molecule has 2 N–H and O–H groups in total. The lowest BCUT2D eigenvalue weighted by molar-refractivity contribution is 0.180. The molecule has 3 heterocycles. The monoisotopic (exact) mass is 277 g/mol. The summed E-state index contributed by atoms with van der Waals surface area (Å²) in [6.07, 6.45) is 4.82. The molecule has 3 rings (SSSR count). The Morgan fingerprint density at radius 2 is 2.53 bits per heavy atom. The zero-order chi connectivity index (χ0) is 13.2. The predicted octanol–water partition coefficient (Wildman–Crippen LogP) is 2.34. The van der Waals surface area contributed by atoms with Gasteiger partial charge in [-0.1, -0.05) is 0 Å². The van der Waals surface area contributed by atoms with Gasteiger partial charge >= 0.3 is 0 Å². The van der Waals surface area contributed by atoms with E-state index in [9.17, 15) is 0 Å². The molecule has 0 aliphatic carbocycles. The standard InChI is InChI=1S/C14H19N3OS/c1-10-3-5-19-13(10)7-17-9-16-6-12(17)14(15)11-2-4-18-8-11/h3,5-6,9,11,14H,2,4,7-8,15H2,1H3. The number of imidazole rings is 1. The minimum absolute atomic E-state index is 0.0188. The van der Waals surface area contributed by atoms with Gasteiger partial charge in [0.1, 0.15) is 0 Å². The molecular weight excluding hydrogens is 258 g/mol. The number of aromatic nitrogens is 2. The zero-order valence-corrected chi connectivity index (χ0v) is 11.9. The van der Waals surface area contributed by atoms with Gasteiger partial charge in [0, 0.05) is 23.6 Å². The smallest absolute Gasteiger partial charge is 0.0952 e. The Balaban J connectivity index is 1.80. The van der Waals surface area contributed by atoms with E-state index in [1.807, 2.05) is 12.5 Å². The van der Waals surface area contributed by atoms with E-state index in [4.69, 9.17) is 10.5 Å². The van der Waals surface area contributed by atoms with Crippen LogP contribution in [-0.4, -0.2) is 22.8 Å². The van der Waals surface area contributed by atoms with Gasteiger partial charge in [-0.05, 0) is 30.4 Å². The van der Waals surface area contributed by atoms with Crippen molar-refractivity contribution in [2.45, 2.75) is 25.9 Å². The third kappa shape index (κ3) is 2.59. The van der Waals surface area contributed by atoms with Crippen molar-refractivity contribution < 1.29 is 4.74 Å². The second-order valence-electron chi connectivity index (χ2n) is 5.12. The Morgan fingerprint density at radius 3 is 3.21 bits per heavy atom. The molecule has 0 radical (unpaired) electrons. The van der Waals surface area contributed by atoms with Crippen LogP contribution in [0.2, 0.25) is 0 Å². The quantitative estimate of drug-likeness (QED) is 0.933. The van der Waals surface area contributed by atoms with Crippen LogP contribution in [0.4, 0.5) is 0 Å². The van der Waals surface area contributed by atoms with Gasteiger partial charge in [0.2, 0.25) is 0 Å². The van der Waals surface area contributed by atoms with Gasteiger partial charge in [0.25, 0.3) is 0 Å². The van der Waals surface area contributed by atoms with E-state index in [1.54, 1.807) is 11.3 Å². The van der Waals surface area contributed by atoms with Crippen molar-refractivity contribution in [1.82, 2.24) is 9.55 Å². The molecule has 0 aromatic carbocycles. The average Bonchev–Trinajstić information content (AvgIpc) is 3.12. The largest absolute Gasteiger partial charge is 0.381 e. The van der Waals surface area contributed by atoms with Crippen LogP contribution in [0.25, 0.3) is 0 Å². The highest BCUT2D eigenvalue weighted by atomic mass is 32.1. The molecule has 0 bridgehead atoms. The minimum Gasteiger partial charge on any atom is -0.381 e. The fourth-order valence-corrected chi connectivity index (χ4v) is 3.44. The van der Waals surface area contributed by atoms with Crippen molar-refractivity contribution in [3.8, 4) is 0 Å². The predicted molar refractivity (Wildman–Crippen MR) is 76.2 cm³/mol. The van der Waals surface area contributed by atoms with Gasteiger partial charge in [0.05, 0.1) is 31.2 Å². The normalized spacial score (nSPS) is 20.8. The summed E-state index contributed by atoms with van der Waals surface area (Å²) in [5, 5.41) is 2.13. The van der Waals surface area contributed by atoms with E-state index < -0.39 is 0 Å². The summed E-state index contributed by atoms with van der Waals surface area (Å²) in [7, 11) is 0. The van der Waals surface area contributed by atoms with Crippen molar-refractivity contribution in [3.05, 3.63) is 40.1 Å². The Bertz CT molecular complexity index is 542. The van der Waals surface area contributed by atoms with Crippen LogP contribution >= 0.6 is 11.3 Å². The molecule has 1 saturated heterocycles. The SMILES string of the molecule is Cc1ccsc1Cn1cncc1C(N)C1CCOC1. The van der Waals surface area contributed by atoms with Gasteiger partial charge in [-0.25, -0.2) is 4.98 Å². The Morgan fingerprint density at radius 1 is 1.63 bits per heavy atom. The highest BCUT2D eigenvalue weighted by Gasteiger charge is 2.26. The molecular formula is C14H19N3OS. The molecule has 1 aliphatic heterocycles. The first kappa shape index (κ1) is 12.8. The molecule has 0 spiro atoms. The first-order valence-corrected chi connectivity index (χ1v) is 7.50. The van der Waals surface area contributed by atoms with Crippen LogP contribution in [0.5, 0.6) is 0 Å². The maximum absolute atomic E-state index is 6.38. The Kier molecular flexibility index (Phi) is 3.68. The summed E-state index contributed by atoms with van der Waals surface area (Å²) in [6.45, 7) is 4.61. The summed E-state index contributed by atoms with van der Waals surface area (Å²) >= 11 is 1.79. The number of aryl methyl sites for hydroxylation is 1. The summed E-state index contributed by atoms with van der Waals surface area (Å²) < 4.78 is 7.60. The second-order valence-corrected chi connectivity index (χ2v) is 6.12. The zero-order valence-electron chi connectivity index (χ0n) is 11.1. The molecule has 2 aromatic rings. The van der Waals surface area contributed by atoms with Crippen LogP contribution in [0, 0.1) is 12.8 Å². The number of hydrogen-bond acceptors (Lipinski definition) is 4. The van der Waals surface area contributed by atoms with Crippen molar-refractivity contribution in [1.29, 1.82) is 0 Å². The molecule has 0 amide bonds. The van der Waals surface area contributed by atoms with E-state index >= 15 is 0 Å². The first-order valence-electron chi connectivity index (χ1n) is 6.62. The van der Waals surface area contributed by atoms with E-state index in [-0.39, 0.29) is 6.04 Å². The van der Waals surface area contributed by atoms with Gasteiger partial charge in [-0.15, -0.1) is 11.3 Å². The molecule has 1 fully saturated rings. The molecule has 4 nitrogen and oxygen atoms in total. The molecule has 2 unspecified atom stereocenters. The lowest BCUT2D eigenvalue weighted by Crippen LogP contribution is -2.24. The molecule has 102 valence electrons. The molecule has 2 atom stereocenters. The van der Waals surface area contributed by atoms with Gasteiger partial charge in [-0.3, -0.25) is 0 Å². The lowest BCUT2D eigenvalue weighted by Gasteiger charge is -2.19.